The number of fused-ring (bicyclic) bond motifs is 4. The third-order valence-corrected chi connectivity index (χ3v) is 11.0. The van der Waals surface area contributed by atoms with Crippen molar-refractivity contribution in [2.75, 3.05) is 50.0 Å². The maximum absolute atomic E-state index is 16.7. The molecule has 4 aliphatic rings. The molecule has 43 heavy (non-hydrogen) atoms. The zero-order valence-corrected chi connectivity index (χ0v) is 25.4. The van der Waals surface area contributed by atoms with Gasteiger partial charge in [-0.25, -0.2) is 13.8 Å². The Kier molecular flexibility index (Phi) is 6.85. The predicted molar refractivity (Wildman–Crippen MR) is 167 cm³/mol. The van der Waals surface area contributed by atoms with E-state index in [2.05, 4.69) is 25.1 Å². The van der Waals surface area contributed by atoms with Crippen LogP contribution in [-0.4, -0.2) is 71.3 Å². The molecule has 5 heterocycles. The molecule has 0 amide bonds. The van der Waals surface area contributed by atoms with Gasteiger partial charge in [0.15, 0.2) is 10.9 Å². The molecule has 226 valence electrons. The van der Waals surface area contributed by atoms with Crippen LogP contribution in [0.25, 0.3) is 32.2 Å². The van der Waals surface area contributed by atoms with Crippen molar-refractivity contribution < 1.29 is 13.5 Å². The predicted octanol–water partition coefficient (Wildman–Crippen LogP) is 6.01. The molecule has 8 nitrogen and oxygen atoms in total. The van der Waals surface area contributed by atoms with Gasteiger partial charge in [-0.15, -0.1) is 0 Å². The van der Waals surface area contributed by atoms with E-state index in [1.54, 1.807) is 6.07 Å². The summed E-state index contributed by atoms with van der Waals surface area (Å²) in [5, 5.41) is 4.57. The van der Waals surface area contributed by atoms with Crippen molar-refractivity contribution in [3.63, 3.8) is 0 Å². The summed E-state index contributed by atoms with van der Waals surface area (Å²) in [5.41, 5.74) is 6.89. The highest BCUT2D eigenvalue weighted by molar-refractivity contribution is 7.22. The Bertz CT molecular complexity index is 1710. The number of likely N-dealkylation sites (tertiary alicyclic amines) is 1. The fraction of sp³-hybridized carbons (Fsp3) is 0.516. The zero-order valence-electron chi connectivity index (χ0n) is 23.8. The first-order valence-electron chi connectivity index (χ1n) is 15.3. The van der Waals surface area contributed by atoms with Gasteiger partial charge in [0.25, 0.3) is 0 Å². The standard InChI is InChI=1S/C31H34ClF2N7OS/c32-21-12-20-25(24(34)23(21)19-6-7-22(33)27-26(19)37-29(35)43-27)38-30(39-28(20)41-13-17-4-5-18(14-41)36-17)42-16-31(8-3-9-31)15-40-10-1-2-11-40/h6-7,12,17-18,36H,1-5,8-11,13-16H2,(H2,35,37). The summed E-state index contributed by atoms with van der Waals surface area (Å²) in [4.78, 5) is 18.6. The number of hydrogen-bond donors (Lipinski definition) is 2. The van der Waals surface area contributed by atoms with Crippen molar-refractivity contribution in [3.8, 4) is 17.1 Å². The number of nitrogens with two attached hydrogens (primary N) is 1. The molecule has 3 aliphatic heterocycles. The Balaban J connectivity index is 1.23. The van der Waals surface area contributed by atoms with Gasteiger partial charge >= 0.3 is 6.01 Å². The number of anilines is 2. The zero-order chi connectivity index (χ0) is 29.3. The summed E-state index contributed by atoms with van der Waals surface area (Å²) in [6.07, 6.45) is 8.10. The van der Waals surface area contributed by atoms with E-state index in [4.69, 9.17) is 27.1 Å². The summed E-state index contributed by atoms with van der Waals surface area (Å²) in [7, 11) is 0. The SMILES string of the molecule is Nc1nc2c(-c3c(Cl)cc4c(N5CC6CCC(C5)N6)nc(OCC5(CN6CCCC6)CCC5)nc4c3F)ccc(F)c2s1. The molecule has 2 aromatic carbocycles. The molecule has 0 spiro atoms. The number of aromatic nitrogens is 3. The number of piperazine rings is 1. The topological polar surface area (TPSA) is 92.4 Å². The first kappa shape index (κ1) is 27.7. The maximum Gasteiger partial charge on any atom is 0.319 e. The lowest BCUT2D eigenvalue weighted by Crippen LogP contribution is -2.51. The van der Waals surface area contributed by atoms with Gasteiger partial charge in [0.2, 0.25) is 0 Å². The Hall–Kier alpha value is -2.86. The lowest BCUT2D eigenvalue weighted by Gasteiger charge is -2.43. The van der Waals surface area contributed by atoms with Crippen LogP contribution in [0.4, 0.5) is 19.7 Å². The average molecular weight is 626 g/mol. The largest absolute Gasteiger partial charge is 0.463 e. The van der Waals surface area contributed by atoms with Crippen LogP contribution in [0.5, 0.6) is 6.01 Å². The summed E-state index contributed by atoms with van der Waals surface area (Å²) >= 11 is 7.85. The molecule has 2 aromatic heterocycles. The lowest BCUT2D eigenvalue weighted by atomic mass is 9.69. The van der Waals surface area contributed by atoms with Gasteiger partial charge in [-0.1, -0.05) is 29.4 Å². The summed E-state index contributed by atoms with van der Waals surface area (Å²) < 4.78 is 38.0. The molecule has 4 fully saturated rings. The molecule has 3 N–H and O–H groups in total. The molecule has 2 unspecified atom stereocenters. The number of benzene rings is 2. The van der Waals surface area contributed by atoms with Crippen LogP contribution in [0.3, 0.4) is 0 Å². The van der Waals surface area contributed by atoms with Crippen LogP contribution in [0.15, 0.2) is 18.2 Å². The fourth-order valence-electron chi connectivity index (χ4n) is 7.53. The maximum atomic E-state index is 16.7. The van der Waals surface area contributed by atoms with Gasteiger partial charge < -0.3 is 25.6 Å². The molecular formula is C31H34ClF2N7OS. The molecule has 2 atom stereocenters. The smallest absolute Gasteiger partial charge is 0.319 e. The van der Waals surface area contributed by atoms with E-state index in [9.17, 15) is 4.39 Å². The molecule has 4 aromatic rings. The van der Waals surface area contributed by atoms with Crippen LogP contribution < -0.4 is 20.7 Å². The highest BCUT2D eigenvalue weighted by atomic mass is 35.5. The first-order chi connectivity index (χ1) is 20.9. The minimum atomic E-state index is -0.607. The van der Waals surface area contributed by atoms with Crippen LogP contribution in [0.2, 0.25) is 5.02 Å². The number of rotatable bonds is 7. The van der Waals surface area contributed by atoms with Crippen LogP contribution in [0, 0.1) is 17.0 Å². The van der Waals surface area contributed by atoms with E-state index in [0.717, 1.165) is 69.7 Å². The minimum absolute atomic E-state index is 0.0743. The summed E-state index contributed by atoms with van der Waals surface area (Å²) in [6.45, 7) is 5.32. The Morgan fingerprint density at radius 2 is 1.81 bits per heavy atom. The van der Waals surface area contributed by atoms with Gasteiger partial charge in [0.1, 0.15) is 17.2 Å². The van der Waals surface area contributed by atoms with Crippen molar-refractivity contribution in [2.24, 2.45) is 5.41 Å². The number of nitrogens with one attached hydrogen (secondary N) is 1. The fourth-order valence-corrected chi connectivity index (χ4v) is 8.59. The molecular weight excluding hydrogens is 592 g/mol. The van der Waals surface area contributed by atoms with Crippen LogP contribution in [-0.2, 0) is 0 Å². The van der Waals surface area contributed by atoms with Gasteiger partial charge in [0, 0.05) is 53.6 Å². The van der Waals surface area contributed by atoms with E-state index in [0.29, 0.717) is 35.5 Å². The monoisotopic (exact) mass is 625 g/mol. The van der Waals surface area contributed by atoms with E-state index < -0.39 is 11.6 Å². The van der Waals surface area contributed by atoms with Crippen molar-refractivity contribution in [2.45, 2.75) is 57.0 Å². The lowest BCUT2D eigenvalue weighted by molar-refractivity contribution is 0.0211. The Labute approximate surface area is 257 Å². The quantitative estimate of drug-likeness (QED) is 0.258. The van der Waals surface area contributed by atoms with Gasteiger partial charge in [-0.3, -0.25) is 0 Å². The molecule has 1 aliphatic carbocycles. The molecule has 2 bridgehead atoms. The van der Waals surface area contributed by atoms with Gasteiger partial charge in [0.05, 0.1) is 21.8 Å². The van der Waals surface area contributed by atoms with Crippen molar-refractivity contribution in [3.05, 3.63) is 34.9 Å². The average Bonchev–Trinajstić information content (AvgIpc) is 3.71. The Morgan fingerprint density at radius 3 is 2.53 bits per heavy atom. The van der Waals surface area contributed by atoms with E-state index >= 15 is 4.39 Å². The van der Waals surface area contributed by atoms with Crippen molar-refractivity contribution >= 4 is 55.0 Å². The third kappa shape index (κ3) is 4.88. The van der Waals surface area contributed by atoms with Crippen molar-refractivity contribution in [1.29, 1.82) is 0 Å². The second kappa shape index (κ2) is 10.6. The minimum Gasteiger partial charge on any atom is -0.463 e. The summed E-state index contributed by atoms with van der Waals surface area (Å²) in [6, 6.07) is 5.41. The number of thiazole rings is 1. The van der Waals surface area contributed by atoms with Crippen LogP contribution in [0.1, 0.15) is 44.9 Å². The summed E-state index contributed by atoms with van der Waals surface area (Å²) in [5.74, 6) is -0.433. The second-order valence-corrected chi connectivity index (χ2v) is 14.2. The van der Waals surface area contributed by atoms with Gasteiger partial charge in [-0.2, -0.15) is 9.97 Å². The van der Waals surface area contributed by atoms with E-state index in [1.165, 1.54) is 31.4 Å². The Morgan fingerprint density at radius 1 is 1.05 bits per heavy atom. The number of nitrogen functional groups attached to an aromatic ring is 1. The highest BCUT2D eigenvalue weighted by Gasteiger charge is 2.40. The molecule has 1 saturated carbocycles. The number of halogens is 3. The number of ether oxygens (including phenoxy) is 1. The molecule has 8 rings (SSSR count). The van der Waals surface area contributed by atoms with Gasteiger partial charge in [-0.05, 0) is 69.8 Å². The molecule has 0 radical (unpaired) electrons. The molecule has 12 heteroatoms. The van der Waals surface area contributed by atoms with Crippen LogP contribution >= 0.6 is 22.9 Å². The number of nitrogens with zero attached hydrogens (tertiary/aromatic N) is 5. The van der Waals surface area contributed by atoms with Crippen molar-refractivity contribution in [1.82, 2.24) is 25.2 Å². The van der Waals surface area contributed by atoms with E-state index in [1.807, 2.05) is 0 Å². The first-order valence-corrected chi connectivity index (χ1v) is 16.5. The second-order valence-electron chi connectivity index (χ2n) is 12.8. The molecule has 3 saturated heterocycles. The number of hydrogen-bond acceptors (Lipinski definition) is 9. The normalized spacial score (nSPS) is 23.4. The third-order valence-electron chi connectivity index (χ3n) is 9.82. The highest BCUT2D eigenvalue weighted by Crippen LogP contribution is 2.45. The van der Waals surface area contributed by atoms with E-state index in [-0.39, 0.29) is 42.9 Å².